The van der Waals surface area contributed by atoms with Crippen molar-refractivity contribution in [3.63, 3.8) is 0 Å². The fourth-order valence-corrected chi connectivity index (χ4v) is 6.28. The summed E-state index contributed by atoms with van der Waals surface area (Å²) in [7, 11) is 0. The summed E-state index contributed by atoms with van der Waals surface area (Å²) in [5, 5.41) is 0. The van der Waals surface area contributed by atoms with Crippen LogP contribution in [-0.2, 0) is 9.53 Å². The van der Waals surface area contributed by atoms with Gasteiger partial charge in [0, 0.05) is 44.8 Å². The van der Waals surface area contributed by atoms with Crippen LogP contribution in [-0.4, -0.2) is 88.7 Å². The van der Waals surface area contributed by atoms with Crippen molar-refractivity contribution in [1.29, 1.82) is 0 Å². The molecule has 192 valence electrons. The summed E-state index contributed by atoms with van der Waals surface area (Å²) < 4.78 is 5.51. The van der Waals surface area contributed by atoms with Gasteiger partial charge in [-0.15, -0.1) is 0 Å². The average Bonchev–Trinajstić information content (AvgIpc) is 3.54. The predicted molar refractivity (Wildman–Crippen MR) is 134 cm³/mol. The number of likely N-dealkylation sites (tertiary alicyclic amines) is 2. The van der Waals surface area contributed by atoms with Gasteiger partial charge in [-0.25, -0.2) is 14.8 Å². The van der Waals surface area contributed by atoms with Crippen molar-refractivity contribution in [2.45, 2.75) is 83.9 Å². The smallest absolute Gasteiger partial charge is 0.410 e. The third-order valence-electron chi connectivity index (χ3n) is 8.34. The first-order chi connectivity index (χ1) is 16.7. The number of piperidine rings is 1. The Kier molecular flexibility index (Phi) is 6.40. The van der Waals surface area contributed by atoms with Crippen LogP contribution in [0.2, 0.25) is 0 Å². The average molecular weight is 485 g/mol. The van der Waals surface area contributed by atoms with E-state index in [0.29, 0.717) is 44.6 Å². The lowest BCUT2D eigenvalue weighted by atomic mass is 9.77. The van der Waals surface area contributed by atoms with Crippen molar-refractivity contribution in [1.82, 2.24) is 19.8 Å². The van der Waals surface area contributed by atoms with E-state index in [1.165, 1.54) is 19.4 Å². The van der Waals surface area contributed by atoms with Crippen molar-refractivity contribution < 1.29 is 14.3 Å². The zero-order valence-electron chi connectivity index (χ0n) is 21.7. The van der Waals surface area contributed by atoms with Crippen molar-refractivity contribution in [2.75, 3.05) is 49.1 Å². The van der Waals surface area contributed by atoms with Crippen LogP contribution in [0.15, 0.2) is 12.4 Å². The lowest BCUT2D eigenvalue weighted by Gasteiger charge is -2.38. The molecule has 35 heavy (non-hydrogen) atoms. The third-order valence-corrected chi connectivity index (χ3v) is 8.34. The SMILES string of the molecule is CC1CCCN1C1CCN(c2ncc(N3CCC4(CCN(C(=O)OC(C)(C)C)CC4)C3=O)cn2)C1. The number of amides is 2. The summed E-state index contributed by atoms with van der Waals surface area (Å²) in [4.78, 5) is 43.7. The van der Waals surface area contributed by atoms with E-state index in [-0.39, 0.29) is 12.0 Å². The second kappa shape index (κ2) is 9.22. The summed E-state index contributed by atoms with van der Waals surface area (Å²) >= 11 is 0. The quantitative estimate of drug-likeness (QED) is 0.651. The van der Waals surface area contributed by atoms with E-state index in [9.17, 15) is 9.59 Å². The molecule has 0 bridgehead atoms. The highest BCUT2D eigenvalue weighted by Gasteiger charge is 2.49. The van der Waals surface area contributed by atoms with Gasteiger partial charge >= 0.3 is 6.09 Å². The number of carbonyl (C=O) groups excluding carboxylic acids is 2. The monoisotopic (exact) mass is 484 g/mol. The minimum absolute atomic E-state index is 0.141. The Morgan fingerprint density at radius 2 is 1.71 bits per heavy atom. The Hall–Kier alpha value is -2.42. The van der Waals surface area contributed by atoms with E-state index in [4.69, 9.17) is 4.74 Å². The Balaban J connectivity index is 1.18. The lowest BCUT2D eigenvalue weighted by molar-refractivity contribution is -0.128. The third kappa shape index (κ3) is 4.84. The number of carbonyl (C=O) groups is 2. The second-order valence-corrected chi connectivity index (χ2v) is 11.8. The molecule has 4 aliphatic heterocycles. The van der Waals surface area contributed by atoms with Crippen LogP contribution < -0.4 is 9.80 Å². The molecule has 0 saturated carbocycles. The maximum absolute atomic E-state index is 13.5. The molecule has 5 rings (SSSR count). The van der Waals surface area contributed by atoms with Gasteiger partial charge in [-0.3, -0.25) is 9.69 Å². The number of hydrogen-bond donors (Lipinski definition) is 0. The van der Waals surface area contributed by atoms with Gasteiger partial charge < -0.3 is 19.4 Å². The van der Waals surface area contributed by atoms with Crippen molar-refractivity contribution in [3.05, 3.63) is 12.4 Å². The molecule has 0 radical (unpaired) electrons. The number of nitrogens with zero attached hydrogens (tertiary/aromatic N) is 6. The Labute approximate surface area is 208 Å². The molecule has 0 N–H and O–H groups in total. The molecular weight excluding hydrogens is 444 g/mol. The standard InChI is InChI=1S/C26H40N6O3/c1-19-6-5-11-31(19)20-7-12-30(18-20)23-27-16-21(17-28-23)32-15-10-26(22(32)33)8-13-29(14-9-26)24(34)35-25(2,3)4/h16-17,19-20H,5-15,18H2,1-4H3. The first-order valence-electron chi connectivity index (χ1n) is 13.3. The molecule has 2 amide bonds. The second-order valence-electron chi connectivity index (χ2n) is 11.8. The molecular formula is C26H40N6O3. The van der Waals surface area contributed by atoms with Gasteiger partial charge in [0.2, 0.25) is 11.9 Å². The zero-order valence-corrected chi connectivity index (χ0v) is 21.7. The van der Waals surface area contributed by atoms with Gasteiger partial charge in [-0.1, -0.05) is 0 Å². The largest absolute Gasteiger partial charge is 0.444 e. The van der Waals surface area contributed by atoms with Crippen molar-refractivity contribution >= 4 is 23.6 Å². The number of anilines is 2. The van der Waals surface area contributed by atoms with Crippen molar-refractivity contribution in [2.24, 2.45) is 5.41 Å². The molecule has 5 heterocycles. The van der Waals surface area contributed by atoms with Gasteiger partial charge in [0.15, 0.2) is 0 Å². The number of rotatable bonds is 3. The summed E-state index contributed by atoms with van der Waals surface area (Å²) in [5.41, 5.74) is -0.138. The van der Waals surface area contributed by atoms with E-state index < -0.39 is 11.0 Å². The normalized spacial score (nSPS) is 27.3. The lowest BCUT2D eigenvalue weighted by Crippen LogP contribution is -2.48. The predicted octanol–water partition coefficient (Wildman–Crippen LogP) is 3.29. The van der Waals surface area contributed by atoms with Gasteiger partial charge in [-0.05, 0) is 72.8 Å². The first kappa shape index (κ1) is 24.3. The molecule has 1 spiro atoms. The molecule has 9 nitrogen and oxygen atoms in total. The van der Waals surface area contributed by atoms with Gasteiger partial charge in [0.1, 0.15) is 5.60 Å². The van der Waals surface area contributed by atoms with Crippen LogP contribution in [0.4, 0.5) is 16.4 Å². The minimum atomic E-state index is -0.513. The molecule has 2 atom stereocenters. The fourth-order valence-electron chi connectivity index (χ4n) is 6.28. The number of ether oxygens (including phenoxy) is 1. The van der Waals surface area contributed by atoms with Gasteiger partial charge in [0.05, 0.1) is 23.5 Å². The maximum atomic E-state index is 13.5. The van der Waals surface area contributed by atoms with Crippen LogP contribution in [0.25, 0.3) is 0 Å². The maximum Gasteiger partial charge on any atom is 0.410 e. The Morgan fingerprint density at radius 3 is 2.34 bits per heavy atom. The van der Waals surface area contributed by atoms with Gasteiger partial charge in [-0.2, -0.15) is 0 Å². The first-order valence-corrected chi connectivity index (χ1v) is 13.3. The molecule has 4 aliphatic rings. The molecule has 4 fully saturated rings. The molecule has 0 aromatic carbocycles. The van der Waals surface area contributed by atoms with Crippen LogP contribution in [0.3, 0.4) is 0 Å². The van der Waals surface area contributed by atoms with Crippen LogP contribution >= 0.6 is 0 Å². The molecule has 9 heteroatoms. The Morgan fingerprint density at radius 1 is 1.03 bits per heavy atom. The number of hydrogen-bond acceptors (Lipinski definition) is 7. The highest BCUT2D eigenvalue weighted by Crippen LogP contribution is 2.43. The molecule has 2 unspecified atom stereocenters. The topological polar surface area (TPSA) is 82.1 Å². The van der Waals surface area contributed by atoms with E-state index in [1.807, 2.05) is 25.7 Å². The zero-order chi connectivity index (χ0) is 24.8. The van der Waals surface area contributed by atoms with Crippen LogP contribution in [0, 0.1) is 5.41 Å². The van der Waals surface area contributed by atoms with Crippen LogP contribution in [0.5, 0.6) is 0 Å². The Bertz CT molecular complexity index is 937. The van der Waals surface area contributed by atoms with Crippen LogP contribution in [0.1, 0.15) is 66.2 Å². The summed E-state index contributed by atoms with van der Waals surface area (Å²) in [6, 6.07) is 1.26. The van der Waals surface area contributed by atoms with E-state index >= 15 is 0 Å². The summed E-state index contributed by atoms with van der Waals surface area (Å²) in [5.74, 6) is 0.900. The highest BCUT2D eigenvalue weighted by molar-refractivity contribution is 5.99. The molecule has 1 aromatic heterocycles. The molecule has 0 aliphatic carbocycles. The van der Waals surface area contributed by atoms with Crippen molar-refractivity contribution in [3.8, 4) is 0 Å². The fraction of sp³-hybridized carbons (Fsp3) is 0.769. The van der Waals surface area contributed by atoms with E-state index in [0.717, 1.165) is 37.6 Å². The summed E-state index contributed by atoms with van der Waals surface area (Å²) in [6.07, 6.45) is 9.22. The number of aromatic nitrogens is 2. The highest BCUT2D eigenvalue weighted by atomic mass is 16.6. The van der Waals surface area contributed by atoms with E-state index in [1.54, 1.807) is 17.3 Å². The summed E-state index contributed by atoms with van der Waals surface area (Å²) in [6.45, 7) is 12.9. The van der Waals surface area contributed by atoms with Gasteiger partial charge in [0.25, 0.3) is 0 Å². The minimum Gasteiger partial charge on any atom is -0.444 e. The molecule has 1 aromatic rings. The molecule has 4 saturated heterocycles. The van der Waals surface area contributed by atoms with E-state index in [2.05, 4.69) is 26.7 Å².